The fourth-order valence-corrected chi connectivity index (χ4v) is 3.23. The minimum Gasteiger partial charge on any atom is -0.368 e. The maximum absolute atomic E-state index is 12.3. The first kappa shape index (κ1) is 17.4. The van der Waals surface area contributed by atoms with Crippen LogP contribution in [0.2, 0.25) is 0 Å². The number of imide groups is 1. The molecule has 0 saturated carbocycles. The third kappa shape index (κ3) is 3.35. The van der Waals surface area contributed by atoms with Crippen LogP contribution in [0.4, 0.5) is 10.5 Å². The molecule has 10 heteroatoms. The minimum absolute atomic E-state index is 0.0324. The van der Waals surface area contributed by atoms with Crippen molar-refractivity contribution in [1.82, 2.24) is 9.47 Å². The first-order valence-corrected chi connectivity index (χ1v) is 8.14. The first-order valence-electron chi connectivity index (χ1n) is 7.32. The molecule has 1 aromatic heterocycles. The molecule has 0 spiro atoms. The van der Waals surface area contributed by atoms with Crippen LogP contribution in [0.15, 0.2) is 47.5 Å². The Morgan fingerprint density at radius 2 is 1.92 bits per heavy atom. The first-order chi connectivity index (χ1) is 12.4. The summed E-state index contributed by atoms with van der Waals surface area (Å²) in [4.78, 5) is 46.3. The normalized spacial score (nSPS) is 15.7. The summed E-state index contributed by atoms with van der Waals surface area (Å²) >= 11 is 0.720. The van der Waals surface area contributed by atoms with Crippen LogP contribution in [0, 0.1) is 10.1 Å². The van der Waals surface area contributed by atoms with Gasteiger partial charge in [-0.05, 0) is 42.1 Å². The van der Waals surface area contributed by atoms with Crippen LogP contribution in [-0.4, -0.2) is 38.0 Å². The van der Waals surface area contributed by atoms with Crippen molar-refractivity contribution < 1.29 is 19.3 Å². The summed E-state index contributed by atoms with van der Waals surface area (Å²) in [5.74, 6) is -1.36. The zero-order valence-electron chi connectivity index (χ0n) is 13.2. The van der Waals surface area contributed by atoms with Gasteiger partial charge in [0.25, 0.3) is 16.8 Å². The summed E-state index contributed by atoms with van der Waals surface area (Å²) in [5, 5.41) is 10.2. The van der Waals surface area contributed by atoms with Crippen LogP contribution >= 0.6 is 11.8 Å². The van der Waals surface area contributed by atoms with Crippen LogP contribution in [-0.2, 0) is 9.59 Å². The van der Waals surface area contributed by atoms with E-state index in [1.807, 2.05) is 0 Å². The molecular weight excluding hydrogens is 360 g/mol. The molecule has 26 heavy (non-hydrogen) atoms. The number of nitro groups is 1. The molecule has 0 bridgehead atoms. The molecule has 1 fully saturated rings. The van der Waals surface area contributed by atoms with E-state index in [4.69, 9.17) is 5.73 Å². The van der Waals surface area contributed by atoms with E-state index < -0.39 is 28.5 Å². The van der Waals surface area contributed by atoms with Crippen LogP contribution in [0.25, 0.3) is 11.8 Å². The summed E-state index contributed by atoms with van der Waals surface area (Å²) in [5.41, 5.74) is 6.27. The molecule has 132 valence electrons. The number of hydrogen-bond acceptors (Lipinski definition) is 6. The molecule has 3 amide bonds. The van der Waals surface area contributed by atoms with Crippen molar-refractivity contribution in [3.63, 3.8) is 0 Å². The van der Waals surface area contributed by atoms with E-state index in [9.17, 15) is 24.5 Å². The number of non-ortho nitro benzene ring substituents is 1. The van der Waals surface area contributed by atoms with E-state index in [0.29, 0.717) is 11.4 Å². The van der Waals surface area contributed by atoms with Crippen molar-refractivity contribution in [2.75, 3.05) is 6.54 Å². The molecule has 1 aliphatic rings. The van der Waals surface area contributed by atoms with Crippen LogP contribution in [0.1, 0.15) is 5.69 Å². The second-order valence-corrected chi connectivity index (χ2v) is 6.30. The summed E-state index contributed by atoms with van der Waals surface area (Å²) in [6.45, 7) is -0.467. The third-order valence-corrected chi connectivity index (χ3v) is 4.49. The second kappa shape index (κ2) is 6.84. The van der Waals surface area contributed by atoms with Crippen LogP contribution < -0.4 is 5.73 Å². The Morgan fingerprint density at radius 1 is 1.23 bits per heavy atom. The molecule has 9 nitrogen and oxygen atoms in total. The smallest absolute Gasteiger partial charge is 0.294 e. The molecular formula is C16H12N4O5S. The lowest BCUT2D eigenvalue weighted by molar-refractivity contribution is -0.384. The number of carbonyl (C=O) groups excluding carboxylic acids is 3. The van der Waals surface area contributed by atoms with Gasteiger partial charge in [0, 0.05) is 29.7 Å². The average molecular weight is 372 g/mol. The summed E-state index contributed by atoms with van der Waals surface area (Å²) in [6, 6.07) is 9.37. The van der Waals surface area contributed by atoms with E-state index in [-0.39, 0.29) is 10.6 Å². The maximum Gasteiger partial charge on any atom is 0.294 e. The number of amides is 3. The van der Waals surface area contributed by atoms with Crippen LogP contribution in [0.3, 0.4) is 0 Å². The monoisotopic (exact) mass is 372 g/mol. The molecule has 1 aromatic carbocycles. The van der Waals surface area contributed by atoms with E-state index in [1.54, 1.807) is 35.0 Å². The van der Waals surface area contributed by atoms with E-state index in [0.717, 1.165) is 16.7 Å². The number of primary amides is 1. The van der Waals surface area contributed by atoms with E-state index >= 15 is 0 Å². The maximum atomic E-state index is 12.3. The van der Waals surface area contributed by atoms with Gasteiger partial charge in [0.2, 0.25) is 5.91 Å². The summed E-state index contributed by atoms with van der Waals surface area (Å²) < 4.78 is 1.71. The predicted molar refractivity (Wildman–Crippen MR) is 94.3 cm³/mol. The predicted octanol–water partition coefficient (Wildman–Crippen LogP) is 1.91. The fourth-order valence-electron chi connectivity index (χ4n) is 2.41. The molecule has 0 aliphatic carbocycles. The van der Waals surface area contributed by atoms with Gasteiger partial charge in [0.1, 0.15) is 6.54 Å². The quantitative estimate of drug-likeness (QED) is 0.485. The van der Waals surface area contributed by atoms with Gasteiger partial charge in [-0.1, -0.05) is 0 Å². The van der Waals surface area contributed by atoms with Gasteiger partial charge in [-0.3, -0.25) is 29.4 Å². The Labute approximate surface area is 151 Å². The SMILES string of the molecule is NC(=O)CN1C(=O)S/C(=C\c2cccn2-c2ccc([N+](=O)[O-])cc2)C1=O. The molecule has 3 rings (SSSR count). The van der Waals surface area contributed by atoms with Crippen molar-refractivity contribution in [3.05, 3.63) is 63.3 Å². The number of rotatable bonds is 5. The summed E-state index contributed by atoms with van der Waals surface area (Å²) in [6.07, 6.45) is 3.24. The molecule has 1 aliphatic heterocycles. The van der Waals surface area contributed by atoms with Crippen LogP contribution in [0.5, 0.6) is 0 Å². The molecule has 0 unspecified atom stereocenters. The van der Waals surface area contributed by atoms with Gasteiger partial charge >= 0.3 is 0 Å². The molecule has 1 saturated heterocycles. The molecule has 2 N–H and O–H groups in total. The number of benzene rings is 1. The van der Waals surface area contributed by atoms with Crippen molar-refractivity contribution >= 4 is 40.6 Å². The van der Waals surface area contributed by atoms with Crippen molar-refractivity contribution in [2.24, 2.45) is 5.73 Å². The van der Waals surface area contributed by atoms with E-state index in [2.05, 4.69) is 0 Å². The number of aromatic nitrogens is 1. The van der Waals surface area contributed by atoms with Crippen molar-refractivity contribution in [1.29, 1.82) is 0 Å². The van der Waals surface area contributed by atoms with Gasteiger partial charge in [-0.25, -0.2) is 0 Å². The highest BCUT2D eigenvalue weighted by Crippen LogP contribution is 2.32. The van der Waals surface area contributed by atoms with Gasteiger partial charge in [-0.2, -0.15) is 0 Å². The Morgan fingerprint density at radius 3 is 2.54 bits per heavy atom. The second-order valence-electron chi connectivity index (χ2n) is 5.31. The average Bonchev–Trinajstić information content (AvgIpc) is 3.15. The zero-order chi connectivity index (χ0) is 18.8. The van der Waals surface area contributed by atoms with Gasteiger partial charge in [0.15, 0.2) is 0 Å². The van der Waals surface area contributed by atoms with Crippen molar-refractivity contribution in [3.8, 4) is 5.69 Å². The highest BCUT2D eigenvalue weighted by Gasteiger charge is 2.36. The Kier molecular flexibility index (Phi) is 4.59. The Balaban J connectivity index is 1.90. The fraction of sp³-hybridized carbons (Fsp3) is 0.0625. The molecule has 2 aromatic rings. The largest absolute Gasteiger partial charge is 0.368 e. The topological polar surface area (TPSA) is 129 Å². The highest BCUT2D eigenvalue weighted by atomic mass is 32.2. The number of carbonyl (C=O) groups is 3. The number of nitro benzene ring substituents is 1. The summed E-state index contributed by atoms with van der Waals surface area (Å²) in [7, 11) is 0. The van der Waals surface area contributed by atoms with Gasteiger partial charge in [-0.15, -0.1) is 0 Å². The number of thioether (sulfide) groups is 1. The lowest BCUT2D eigenvalue weighted by Crippen LogP contribution is -2.36. The van der Waals surface area contributed by atoms with Gasteiger partial charge in [0.05, 0.1) is 9.83 Å². The van der Waals surface area contributed by atoms with Gasteiger partial charge < -0.3 is 10.3 Å². The third-order valence-electron chi connectivity index (χ3n) is 3.59. The molecule has 0 radical (unpaired) electrons. The lowest BCUT2D eigenvalue weighted by atomic mass is 10.2. The molecule has 0 atom stereocenters. The Bertz CT molecular complexity index is 948. The zero-order valence-corrected chi connectivity index (χ0v) is 14.0. The number of nitrogens with two attached hydrogens (primary N) is 1. The van der Waals surface area contributed by atoms with E-state index in [1.165, 1.54) is 18.2 Å². The number of hydrogen-bond donors (Lipinski definition) is 1. The van der Waals surface area contributed by atoms with Crippen molar-refractivity contribution in [2.45, 2.75) is 0 Å². The number of nitrogens with zero attached hydrogens (tertiary/aromatic N) is 3. The lowest BCUT2D eigenvalue weighted by Gasteiger charge is -2.09. The molecule has 2 heterocycles. The highest BCUT2D eigenvalue weighted by molar-refractivity contribution is 8.18. The standard InChI is InChI=1S/C16H12N4O5S/c17-14(21)9-19-15(22)13(26-16(19)23)8-12-2-1-7-18(12)10-3-5-11(6-4-10)20(24)25/h1-8H,9H2,(H2,17,21)/b13-8-. The minimum atomic E-state index is -0.775. The Hall–Kier alpha value is -3.40.